The van der Waals surface area contributed by atoms with Gasteiger partial charge >= 0.3 is 0 Å². The van der Waals surface area contributed by atoms with Crippen LogP contribution >= 0.6 is 0 Å². The van der Waals surface area contributed by atoms with Crippen LogP contribution in [0.25, 0.3) is 110 Å². The summed E-state index contributed by atoms with van der Waals surface area (Å²) in [5.41, 5.74) is 12.0. The van der Waals surface area contributed by atoms with E-state index in [0.29, 0.717) is 0 Å². The third-order valence-electron chi connectivity index (χ3n) is 11.9. The Kier molecular flexibility index (Phi) is 6.66. The summed E-state index contributed by atoms with van der Waals surface area (Å²) < 4.78 is 4.91. The van der Waals surface area contributed by atoms with Gasteiger partial charge in [0.05, 0.1) is 22.1 Å². The Morgan fingerprint density at radius 3 is 1.09 bits per heavy atom. The highest BCUT2D eigenvalue weighted by Gasteiger charge is 2.21. The van der Waals surface area contributed by atoms with E-state index in [9.17, 15) is 0 Å². The van der Waals surface area contributed by atoms with E-state index in [0.717, 1.165) is 5.69 Å². The molecule has 0 amide bonds. The molecule has 0 aliphatic heterocycles. The first kappa shape index (κ1) is 31.0. The second-order valence-corrected chi connectivity index (χ2v) is 14.9. The zero-order valence-electron chi connectivity index (χ0n) is 30.5. The fourth-order valence-corrected chi connectivity index (χ4v) is 9.40. The number of benzene rings is 10. The predicted octanol–water partition coefficient (Wildman–Crippen LogP) is 14.7. The molecule has 0 unspecified atom stereocenters. The molecule has 0 aliphatic carbocycles. The molecule has 260 valence electrons. The first-order chi connectivity index (χ1) is 27.8. The summed E-state index contributed by atoms with van der Waals surface area (Å²) in [5, 5.41) is 12.8. The topological polar surface area (TPSA) is 9.86 Å². The lowest BCUT2D eigenvalue weighted by Crippen LogP contribution is -1.95. The number of para-hydroxylation sites is 2. The number of hydrogen-bond donors (Lipinski definition) is 0. The largest absolute Gasteiger partial charge is 0.309 e. The number of nitrogens with zero attached hydrogens (tertiary/aromatic N) is 2. The Bertz CT molecular complexity index is 3460. The number of aromatic nitrogens is 2. The van der Waals surface area contributed by atoms with Crippen LogP contribution in [-0.2, 0) is 0 Å². The van der Waals surface area contributed by atoms with Crippen molar-refractivity contribution in [1.29, 1.82) is 0 Å². The number of rotatable bonds is 4. The summed E-state index contributed by atoms with van der Waals surface area (Å²) in [7, 11) is 0. The molecule has 56 heavy (non-hydrogen) atoms. The molecule has 12 aromatic rings. The van der Waals surface area contributed by atoms with Gasteiger partial charge in [0.15, 0.2) is 0 Å². The molecule has 0 atom stereocenters. The Morgan fingerprint density at radius 2 is 0.571 bits per heavy atom. The van der Waals surface area contributed by atoms with E-state index >= 15 is 0 Å². The van der Waals surface area contributed by atoms with Crippen molar-refractivity contribution in [2.24, 2.45) is 0 Å². The first-order valence-corrected chi connectivity index (χ1v) is 19.4. The highest BCUT2D eigenvalue weighted by Crippen LogP contribution is 2.43. The molecular formula is C54H34N2. The van der Waals surface area contributed by atoms with E-state index in [-0.39, 0.29) is 0 Å². The molecule has 0 fully saturated rings. The third-order valence-corrected chi connectivity index (χ3v) is 11.9. The van der Waals surface area contributed by atoms with Gasteiger partial charge in [0.1, 0.15) is 0 Å². The van der Waals surface area contributed by atoms with Gasteiger partial charge in [-0.05, 0) is 103 Å². The lowest BCUT2D eigenvalue weighted by molar-refractivity contribution is 1.17. The smallest absolute Gasteiger partial charge is 0.0548 e. The van der Waals surface area contributed by atoms with Gasteiger partial charge in [-0.1, -0.05) is 158 Å². The van der Waals surface area contributed by atoms with Crippen LogP contribution in [0.5, 0.6) is 0 Å². The van der Waals surface area contributed by atoms with Gasteiger partial charge in [0.25, 0.3) is 0 Å². The maximum atomic E-state index is 2.47. The molecule has 2 heteroatoms. The average molecular weight is 711 g/mol. The van der Waals surface area contributed by atoms with Crippen molar-refractivity contribution in [3.8, 4) is 33.6 Å². The van der Waals surface area contributed by atoms with Gasteiger partial charge in [0.2, 0.25) is 0 Å². The van der Waals surface area contributed by atoms with Gasteiger partial charge in [-0.25, -0.2) is 0 Å². The van der Waals surface area contributed by atoms with E-state index in [4.69, 9.17) is 0 Å². The van der Waals surface area contributed by atoms with Crippen LogP contribution in [0.3, 0.4) is 0 Å². The van der Waals surface area contributed by atoms with Crippen LogP contribution in [0.15, 0.2) is 206 Å². The van der Waals surface area contributed by atoms with Crippen LogP contribution in [0.2, 0.25) is 0 Å². The van der Waals surface area contributed by atoms with Gasteiger partial charge in [0, 0.05) is 32.9 Å². The van der Waals surface area contributed by atoms with Crippen molar-refractivity contribution in [2.75, 3.05) is 0 Å². The molecule has 10 aromatic carbocycles. The summed E-state index contributed by atoms with van der Waals surface area (Å²) in [6, 6.07) is 75.6. The van der Waals surface area contributed by atoms with Gasteiger partial charge in [-0.2, -0.15) is 0 Å². The van der Waals surface area contributed by atoms with Crippen molar-refractivity contribution in [3.63, 3.8) is 0 Å². The SMILES string of the molecule is c1ccc(-c2ccc(-c3ccc(-n4c5ccccc5c5c6c7ccccc7n(-c7ccc8c9ccccc9c9ccccc9c8c7)c6ccc54)cc3)cc2)cc1. The van der Waals surface area contributed by atoms with E-state index < -0.39 is 0 Å². The van der Waals surface area contributed by atoms with Crippen LogP contribution in [0.4, 0.5) is 0 Å². The molecular weight excluding hydrogens is 677 g/mol. The molecule has 0 saturated carbocycles. The minimum atomic E-state index is 1.15. The summed E-state index contributed by atoms with van der Waals surface area (Å²) in [5.74, 6) is 0. The Balaban J connectivity index is 1.05. The number of hydrogen-bond acceptors (Lipinski definition) is 0. The fraction of sp³-hybridized carbons (Fsp3) is 0. The molecule has 0 saturated heterocycles. The van der Waals surface area contributed by atoms with E-state index in [1.165, 1.54) is 104 Å². The zero-order valence-corrected chi connectivity index (χ0v) is 30.5. The van der Waals surface area contributed by atoms with Crippen LogP contribution in [-0.4, -0.2) is 9.13 Å². The second-order valence-electron chi connectivity index (χ2n) is 14.9. The number of fused-ring (bicyclic) bond motifs is 13. The first-order valence-electron chi connectivity index (χ1n) is 19.4. The molecule has 0 N–H and O–H groups in total. The maximum absolute atomic E-state index is 2.47. The normalized spacial score (nSPS) is 11.9. The van der Waals surface area contributed by atoms with Gasteiger partial charge < -0.3 is 9.13 Å². The van der Waals surface area contributed by atoms with Crippen molar-refractivity contribution in [1.82, 2.24) is 9.13 Å². The quantitative estimate of drug-likeness (QED) is 0.161. The van der Waals surface area contributed by atoms with Crippen molar-refractivity contribution in [2.45, 2.75) is 0 Å². The fourth-order valence-electron chi connectivity index (χ4n) is 9.40. The van der Waals surface area contributed by atoms with E-state index in [1.807, 2.05) is 0 Å². The average Bonchev–Trinajstić information content (AvgIpc) is 3.80. The standard InChI is InChI=1S/C54H34N2/c1-2-12-35(13-3-1)36-22-24-37(25-23-36)38-26-28-39(29-27-38)55-49-20-10-8-18-46(49)53-51(55)32-33-52-54(53)47-19-9-11-21-50(47)56(52)40-30-31-45-43-16-5-4-14-41(43)42-15-6-7-17-44(42)48(45)34-40/h1-34H. The Hall–Kier alpha value is -7.42. The molecule has 12 rings (SSSR count). The third kappa shape index (κ3) is 4.50. The Morgan fingerprint density at radius 1 is 0.214 bits per heavy atom. The summed E-state index contributed by atoms with van der Waals surface area (Å²) in [6.07, 6.45) is 0. The van der Waals surface area contributed by atoms with Crippen molar-refractivity contribution >= 4 is 75.9 Å². The monoisotopic (exact) mass is 710 g/mol. The molecule has 0 bridgehead atoms. The van der Waals surface area contributed by atoms with Crippen molar-refractivity contribution < 1.29 is 0 Å². The van der Waals surface area contributed by atoms with Crippen LogP contribution in [0.1, 0.15) is 0 Å². The molecule has 2 aromatic heterocycles. The van der Waals surface area contributed by atoms with Crippen LogP contribution < -0.4 is 0 Å². The van der Waals surface area contributed by atoms with E-state index in [1.54, 1.807) is 0 Å². The minimum Gasteiger partial charge on any atom is -0.309 e. The summed E-state index contributed by atoms with van der Waals surface area (Å²) in [6.45, 7) is 0. The van der Waals surface area contributed by atoms with Gasteiger partial charge in [-0.3, -0.25) is 0 Å². The molecule has 2 heterocycles. The molecule has 0 spiro atoms. The Labute approximate surface area is 323 Å². The summed E-state index contributed by atoms with van der Waals surface area (Å²) >= 11 is 0. The maximum Gasteiger partial charge on any atom is 0.0548 e. The van der Waals surface area contributed by atoms with Gasteiger partial charge in [-0.15, -0.1) is 0 Å². The zero-order chi connectivity index (χ0) is 36.7. The highest BCUT2D eigenvalue weighted by molar-refractivity contribution is 6.29. The highest BCUT2D eigenvalue weighted by atomic mass is 15.0. The van der Waals surface area contributed by atoms with Crippen LogP contribution in [0, 0.1) is 0 Å². The predicted molar refractivity (Wildman–Crippen MR) is 239 cm³/mol. The minimum absolute atomic E-state index is 1.15. The lowest BCUT2D eigenvalue weighted by atomic mass is 9.94. The molecule has 2 nitrogen and oxygen atoms in total. The molecule has 0 aliphatic rings. The summed E-state index contributed by atoms with van der Waals surface area (Å²) in [4.78, 5) is 0. The second kappa shape index (κ2) is 12.0. The van der Waals surface area contributed by atoms with E-state index in [2.05, 4.69) is 215 Å². The molecule has 0 radical (unpaired) electrons. The lowest BCUT2D eigenvalue weighted by Gasteiger charge is -2.14. The van der Waals surface area contributed by atoms with Crippen molar-refractivity contribution in [3.05, 3.63) is 206 Å².